The number of aromatic nitrogens is 3. The van der Waals surface area contributed by atoms with Crippen LogP contribution in [0.2, 0.25) is 0 Å². The number of hydrogen-bond donors (Lipinski definition) is 1. The zero-order chi connectivity index (χ0) is 12.3. The first kappa shape index (κ1) is 11.6. The molecule has 1 unspecified atom stereocenters. The number of aliphatic hydroxyl groups excluding tert-OH is 1. The number of ether oxygens (including phenoxy) is 1. The van der Waals surface area contributed by atoms with Gasteiger partial charge >= 0.3 is 0 Å². The Bertz CT molecular complexity index is 496. The first-order chi connectivity index (χ1) is 8.22. The van der Waals surface area contributed by atoms with Crippen LogP contribution < -0.4 is 4.74 Å². The van der Waals surface area contributed by atoms with Gasteiger partial charge in [0.15, 0.2) is 0 Å². The van der Waals surface area contributed by atoms with E-state index in [4.69, 9.17) is 4.74 Å². The molecular formula is C12H15N3O2. The number of aliphatic hydroxyl groups is 1. The highest BCUT2D eigenvalue weighted by atomic mass is 16.5. The smallest absolute Gasteiger partial charge is 0.137 e. The Labute approximate surface area is 99.7 Å². The molecule has 2 rings (SSSR count). The Morgan fingerprint density at radius 3 is 2.94 bits per heavy atom. The zero-order valence-electron chi connectivity index (χ0n) is 9.87. The van der Waals surface area contributed by atoms with E-state index in [2.05, 4.69) is 10.1 Å². The van der Waals surface area contributed by atoms with Crippen molar-refractivity contribution in [2.24, 2.45) is 7.05 Å². The van der Waals surface area contributed by atoms with Crippen LogP contribution in [-0.2, 0) is 7.05 Å². The normalized spacial score (nSPS) is 12.4. The Kier molecular flexibility index (Phi) is 3.39. The van der Waals surface area contributed by atoms with E-state index in [1.165, 1.54) is 0 Å². The maximum Gasteiger partial charge on any atom is 0.137 e. The van der Waals surface area contributed by atoms with Gasteiger partial charge in [-0.1, -0.05) is 0 Å². The number of nitrogens with zero attached hydrogens (tertiary/aromatic N) is 3. The molecule has 0 aromatic carbocycles. The van der Waals surface area contributed by atoms with Crippen LogP contribution in [-0.4, -0.2) is 26.5 Å². The van der Waals surface area contributed by atoms with Crippen LogP contribution in [0.4, 0.5) is 0 Å². The quantitative estimate of drug-likeness (QED) is 0.864. The maximum absolute atomic E-state index is 10.2. The van der Waals surface area contributed by atoms with E-state index >= 15 is 0 Å². The van der Waals surface area contributed by atoms with Crippen molar-refractivity contribution in [2.75, 3.05) is 6.61 Å². The highest BCUT2D eigenvalue weighted by Crippen LogP contribution is 2.23. The molecule has 0 saturated carbocycles. The van der Waals surface area contributed by atoms with Gasteiger partial charge in [0, 0.05) is 25.0 Å². The second kappa shape index (κ2) is 4.97. The minimum Gasteiger partial charge on any atom is -0.492 e. The molecule has 90 valence electrons. The molecule has 5 heteroatoms. The molecule has 0 aliphatic heterocycles. The summed E-state index contributed by atoms with van der Waals surface area (Å²) in [4.78, 5) is 4.05. The largest absolute Gasteiger partial charge is 0.492 e. The number of hydrogen-bond acceptors (Lipinski definition) is 4. The Balaban J connectivity index is 2.28. The third-order valence-corrected chi connectivity index (χ3v) is 2.50. The van der Waals surface area contributed by atoms with E-state index in [1.807, 2.05) is 6.92 Å². The molecule has 1 atom stereocenters. The van der Waals surface area contributed by atoms with Gasteiger partial charge in [0.25, 0.3) is 0 Å². The van der Waals surface area contributed by atoms with Crippen LogP contribution in [0.5, 0.6) is 5.75 Å². The van der Waals surface area contributed by atoms with Gasteiger partial charge in [-0.05, 0) is 19.1 Å². The molecular weight excluding hydrogens is 218 g/mol. The van der Waals surface area contributed by atoms with Crippen molar-refractivity contribution in [2.45, 2.75) is 13.0 Å². The van der Waals surface area contributed by atoms with Gasteiger partial charge in [-0.2, -0.15) is 5.10 Å². The topological polar surface area (TPSA) is 60.2 Å². The Hall–Kier alpha value is -1.88. The molecule has 2 heterocycles. The summed E-state index contributed by atoms with van der Waals surface area (Å²) in [6.45, 7) is 2.48. The molecule has 2 aromatic heterocycles. The predicted octanol–water partition coefficient (Wildman–Crippen LogP) is 1.30. The molecule has 0 radical (unpaired) electrons. The fourth-order valence-electron chi connectivity index (χ4n) is 1.65. The van der Waals surface area contributed by atoms with Gasteiger partial charge in [-0.15, -0.1) is 0 Å². The van der Waals surface area contributed by atoms with Crippen molar-refractivity contribution in [1.29, 1.82) is 0 Å². The van der Waals surface area contributed by atoms with E-state index in [-0.39, 0.29) is 0 Å². The van der Waals surface area contributed by atoms with Crippen molar-refractivity contribution in [3.05, 3.63) is 42.0 Å². The van der Waals surface area contributed by atoms with E-state index in [9.17, 15) is 5.11 Å². The summed E-state index contributed by atoms with van der Waals surface area (Å²) in [5.74, 6) is 0.659. The van der Waals surface area contributed by atoms with Crippen molar-refractivity contribution in [3.8, 4) is 5.75 Å². The third-order valence-electron chi connectivity index (χ3n) is 2.50. The first-order valence-corrected chi connectivity index (χ1v) is 5.46. The van der Waals surface area contributed by atoms with Crippen molar-refractivity contribution in [1.82, 2.24) is 14.8 Å². The Morgan fingerprint density at radius 1 is 1.47 bits per heavy atom. The lowest BCUT2D eigenvalue weighted by molar-refractivity contribution is 0.208. The highest BCUT2D eigenvalue weighted by molar-refractivity contribution is 5.29. The first-order valence-electron chi connectivity index (χ1n) is 5.46. The molecule has 0 spiro atoms. The van der Waals surface area contributed by atoms with Crippen LogP contribution in [0.1, 0.15) is 24.3 Å². The monoisotopic (exact) mass is 233 g/mol. The molecule has 5 nitrogen and oxygen atoms in total. The minimum atomic E-state index is -0.740. The minimum absolute atomic E-state index is 0.576. The van der Waals surface area contributed by atoms with E-state index in [0.717, 1.165) is 5.69 Å². The molecule has 2 aromatic rings. The summed E-state index contributed by atoms with van der Waals surface area (Å²) in [6, 6.07) is 3.56. The summed E-state index contributed by atoms with van der Waals surface area (Å²) in [6.07, 6.45) is 4.16. The van der Waals surface area contributed by atoms with Crippen molar-refractivity contribution >= 4 is 0 Å². The summed E-state index contributed by atoms with van der Waals surface area (Å²) in [7, 11) is 1.79. The number of rotatable bonds is 4. The molecule has 1 N–H and O–H groups in total. The fraction of sp³-hybridized carbons (Fsp3) is 0.333. The fourth-order valence-corrected chi connectivity index (χ4v) is 1.65. The SMILES string of the molecule is CCOc1cncc(C(O)c2ccnn2C)c1. The van der Waals surface area contributed by atoms with Gasteiger partial charge in [0.05, 0.1) is 18.5 Å². The predicted molar refractivity (Wildman–Crippen MR) is 62.7 cm³/mol. The number of pyridine rings is 1. The average molecular weight is 233 g/mol. The van der Waals surface area contributed by atoms with Crippen molar-refractivity contribution < 1.29 is 9.84 Å². The van der Waals surface area contributed by atoms with Crippen LogP contribution in [0.15, 0.2) is 30.7 Å². The second-order valence-electron chi connectivity index (χ2n) is 3.67. The van der Waals surface area contributed by atoms with Gasteiger partial charge in [0.1, 0.15) is 11.9 Å². The van der Waals surface area contributed by atoms with E-state index < -0.39 is 6.10 Å². The molecule has 0 saturated heterocycles. The summed E-state index contributed by atoms with van der Waals surface area (Å²) in [5, 5.41) is 14.2. The lowest BCUT2D eigenvalue weighted by atomic mass is 10.1. The van der Waals surface area contributed by atoms with Crippen molar-refractivity contribution in [3.63, 3.8) is 0 Å². The molecule has 0 bridgehead atoms. The van der Waals surface area contributed by atoms with Gasteiger partial charge in [-0.25, -0.2) is 0 Å². The van der Waals surface area contributed by atoms with Crippen LogP contribution in [0.3, 0.4) is 0 Å². The average Bonchev–Trinajstić information content (AvgIpc) is 2.75. The zero-order valence-corrected chi connectivity index (χ0v) is 9.87. The lowest BCUT2D eigenvalue weighted by Crippen LogP contribution is -2.07. The van der Waals surface area contributed by atoms with Gasteiger partial charge in [0.2, 0.25) is 0 Å². The summed E-state index contributed by atoms with van der Waals surface area (Å²) >= 11 is 0. The van der Waals surface area contributed by atoms with E-state index in [0.29, 0.717) is 17.9 Å². The molecule has 0 amide bonds. The maximum atomic E-state index is 10.2. The molecule has 17 heavy (non-hydrogen) atoms. The standard InChI is InChI=1S/C12H15N3O2/c1-3-17-10-6-9(7-13-8-10)12(16)11-4-5-14-15(11)2/h4-8,12,16H,3H2,1-2H3. The third kappa shape index (κ3) is 2.45. The van der Waals surface area contributed by atoms with Crippen LogP contribution >= 0.6 is 0 Å². The second-order valence-corrected chi connectivity index (χ2v) is 3.67. The molecule has 0 aliphatic rings. The molecule has 0 aliphatic carbocycles. The van der Waals surface area contributed by atoms with Crippen LogP contribution in [0, 0.1) is 0 Å². The lowest BCUT2D eigenvalue weighted by Gasteiger charge is -2.12. The summed E-state index contributed by atoms with van der Waals surface area (Å²) < 4.78 is 6.99. The van der Waals surface area contributed by atoms with Crippen LogP contribution in [0.25, 0.3) is 0 Å². The van der Waals surface area contributed by atoms with Gasteiger partial charge in [-0.3, -0.25) is 9.67 Å². The Morgan fingerprint density at radius 2 is 2.29 bits per heavy atom. The van der Waals surface area contributed by atoms with E-state index in [1.54, 1.807) is 42.5 Å². The molecule has 0 fully saturated rings. The van der Waals surface area contributed by atoms with Gasteiger partial charge < -0.3 is 9.84 Å². The summed E-state index contributed by atoms with van der Waals surface area (Å²) in [5.41, 5.74) is 1.42. The number of aryl methyl sites for hydroxylation is 1. The highest BCUT2D eigenvalue weighted by Gasteiger charge is 2.14.